The van der Waals surface area contributed by atoms with Crippen molar-refractivity contribution in [1.82, 2.24) is 4.98 Å². The Morgan fingerprint density at radius 1 is 1.47 bits per heavy atom. The average Bonchev–Trinajstić information content (AvgIpc) is 2.84. The Kier molecular flexibility index (Phi) is 3.58. The van der Waals surface area contributed by atoms with Crippen LogP contribution >= 0.6 is 11.3 Å². The first kappa shape index (κ1) is 11.4. The van der Waals surface area contributed by atoms with E-state index in [1.165, 1.54) is 0 Å². The smallest absolute Gasteiger partial charge is 0.101 e. The van der Waals surface area contributed by atoms with E-state index in [1.54, 1.807) is 23.5 Å². The number of hydrogen-bond donors (Lipinski definition) is 2. The van der Waals surface area contributed by atoms with Crippen LogP contribution in [0, 0.1) is 11.3 Å². The van der Waals surface area contributed by atoms with Crippen molar-refractivity contribution in [1.29, 1.82) is 5.26 Å². The van der Waals surface area contributed by atoms with Crippen LogP contribution in [0.25, 0.3) is 0 Å². The van der Waals surface area contributed by atoms with Crippen molar-refractivity contribution in [2.45, 2.75) is 6.42 Å². The monoisotopic (exact) mass is 244 g/mol. The first-order valence-corrected chi connectivity index (χ1v) is 6.14. The van der Waals surface area contributed by atoms with Crippen molar-refractivity contribution in [2.75, 3.05) is 17.6 Å². The first-order valence-electron chi connectivity index (χ1n) is 5.20. The summed E-state index contributed by atoms with van der Waals surface area (Å²) in [6, 6.07) is 7.44. The van der Waals surface area contributed by atoms with E-state index in [2.05, 4.69) is 16.4 Å². The van der Waals surface area contributed by atoms with E-state index in [0.29, 0.717) is 11.3 Å². The molecule has 0 saturated carbocycles. The standard InChI is InChI=1S/C12H12N4S/c13-6-9-5-10(1-2-12(9)14)15-4-3-11-7-17-8-16-11/h1-2,5,7-8,15H,3-4,14H2. The number of benzene rings is 1. The topological polar surface area (TPSA) is 74.7 Å². The van der Waals surface area contributed by atoms with Gasteiger partial charge in [-0.2, -0.15) is 5.26 Å². The highest BCUT2D eigenvalue weighted by Crippen LogP contribution is 2.16. The van der Waals surface area contributed by atoms with E-state index in [1.807, 2.05) is 17.0 Å². The summed E-state index contributed by atoms with van der Waals surface area (Å²) in [7, 11) is 0. The van der Waals surface area contributed by atoms with Gasteiger partial charge in [0.25, 0.3) is 0 Å². The molecule has 1 heterocycles. The molecule has 2 aromatic rings. The van der Waals surface area contributed by atoms with Gasteiger partial charge in [0.2, 0.25) is 0 Å². The molecule has 0 fully saturated rings. The fourth-order valence-electron chi connectivity index (χ4n) is 1.46. The summed E-state index contributed by atoms with van der Waals surface area (Å²) in [4.78, 5) is 4.20. The third-order valence-corrected chi connectivity index (χ3v) is 3.00. The van der Waals surface area contributed by atoms with Gasteiger partial charge in [-0.1, -0.05) is 0 Å². The van der Waals surface area contributed by atoms with Gasteiger partial charge in [0.05, 0.1) is 16.8 Å². The number of aromatic nitrogens is 1. The van der Waals surface area contributed by atoms with Crippen molar-refractivity contribution >= 4 is 22.7 Å². The number of rotatable bonds is 4. The molecule has 3 N–H and O–H groups in total. The zero-order valence-electron chi connectivity index (χ0n) is 9.18. The number of nitriles is 1. The summed E-state index contributed by atoms with van der Waals surface area (Å²) in [5.74, 6) is 0. The lowest BCUT2D eigenvalue weighted by atomic mass is 10.2. The van der Waals surface area contributed by atoms with Crippen molar-refractivity contribution < 1.29 is 0 Å². The molecular formula is C12H12N4S. The molecule has 5 heteroatoms. The van der Waals surface area contributed by atoms with Gasteiger partial charge in [-0.15, -0.1) is 11.3 Å². The van der Waals surface area contributed by atoms with Gasteiger partial charge in [-0.3, -0.25) is 0 Å². The molecule has 4 nitrogen and oxygen atoms in total. The van der Waals surface area contributed by atoms with Crippen LogP contribution in [0.3, 0.4) is 0 Å². The molecule has 0 spiro atoms. The Labute approximate surface area is 104 Å². The highest BCUT2D eigenvalue weighted by Gasteiger charge is 2.00. The second-order valence-corrected chi connectivity index (χ2v) is 4.29. The maximum absolute atomic E-state index is 8.85. The lowest BCUT2D eigenvalue weighted by Gasteiger charge is -2.06. The van der Waals surface area contributed by atoms with Crippen LogP contribution < -0.4 is 11.1 Å². The Morgan fingerprint density at radius 2 is 2.35 bits per heavy atom. The number of thiazole rings is 1. The molecular weight excluding hydrogens is 232 g/mol. The van der Waals surface area contributed by atoms with Crippen LogP contribution in [0.5, 0.6) is 0 Å². The van der Waals surface area contributed by atoms with Crippen molar-refractivity contribution in [3.05, 3.63) is 40.3 Å². The van der Waals surface area contributed by atoms with E-state index in [4.69, 9.17) is 11.0 Å². The van der Waals surface area contributed by atoms with Crippen LogP contribution in [0.4, 0.5) is 11.4 Å². The lowest BCUT2D eigenvalue weighted by Crippen LogP contribution is -2.05. The lowest BCUT2D eigenvalue weighted by molar-refractivity contribution is 0.977. The van der Waals surface area contributed by atoms with Crippen LogP contribution in [0.1, 0.15) is 11.3 Å². The molecule has 0 atom stereocenters. The minimum atomic E-state index is 0.503. The van der Waals surface area contributed by atoms with Gasteiger partial charge < -0.3 is 11.1 Å². The summed E-state index contributed by atoms with van der Waals surface area (Å²) < 4.78 is 0. The van der Waals surface area contributed by atoms with E-state index in [-0.39, 0.29) is 0 Å². The minimum absolute atomic E-state index is 0.503. The normalized spacial score (nSPS) is 9.82. The van der Waals surface area contributed by atoms with Crippen LogP contribution in [-0.2, 0) is 6.42 Å². The molecule has 0 unspecified atom stereocenters. The molecule has 1 aromatic carbocycles. The van der Waals surface area contributed by atoms with Gasteiger partial charge in [-0.05, 0) is 18.2 Å². The highest BCUT2D eigenvalue weighted by molar-refractivity contribution is 7.07. The molecule has 17 heavy (non-hydrogen) atoms. The number of nitrogens with zero attached hydrogens (tertiary/aromatic N) is 2. The number of nitrogens with two attached hydrogens (primary N) is 1. The maximum atomic E-state index is 8.85. The average molecular weight is 244 g/mol. The van der Waals surface area contributed by atoms with Gasteiger partial charge in [0, 0.05) is 29.7 Å². The second kappa shape index (κ2) is 5.32. The largest absolute Gasteiger partial charge is 0.398 e. The highest BCUT2D eigenvalue weighted by atomic mass is 32.1. The van der Waals surface area contributed by atoms with Gasteiger partial charge in [0.15, 0.2) is 0 Å². The van der Waals surface area contributed by atoms with Gasteiger partial charge >= 0.3 is 0 Å². The summed E-state index contributed by atoms with van der Waals surface area (Å²) in [5.41, 5.74) is 10.5. The third-order valence-electron chi connectivity index (χ3n) is 2.37. The fourth-order valence-corrected chi connectivity index (χ4v) is 2.05. The van der Waals surface area contributed by atoms with Crippen molar-refractivity contribution in [3.63, 3.8) is 0 Å². The summed E-state index contributed by atoms with van der Waals surface area (Å²) in [6.45, 7) is 0.790. The Morgan fingerprint density at radius 3 is 3.06 bits per heavy atom. The molecule has 0 amide bonds. The summed E-state index contributed by atoms with van der Waals surface area (Å²) in [6.07, 6.45) is 0.871. The molecule has 0 aliphatic heterocycles. The fraction of sp³-hybridized carbons (Fsp3) is 0.167. The summed E-state index contributed by atoms with van der Waals surface area (Å²) >= 11 is 1.60. The molecule has 0 saturated heterocycles. The number of nitrogen functional groups attached to an aromatic ring is 1. The van der Waals surface area contributed by atoms with Crippen LogP contribution in [-0.4, -0.2) is 11.5 Å². The van der Waals surface area contributed by atoms with Crippen LogP contribution in [0.2, 0.25) is 0 Å². The first-order chi connectivity index (χ1) is 8.29. The molecule has 0 aliphatic rings. The van der Waals surface area contributed by atoms with E-state index < -0.39 is 0 Å². The van der Waals surface area contributed by atoms with Crippen LogP contribution in [0.15, 0.2) is 29.1 Å². The van der Waals surface area contributed by atoms with E-state index in [9.17, 15) is 0 Å². The molecule has 2 rings (SSSR count). The molecule has 86 valence electrons. The molecule has 0 bridgehead atoms. The summed E-state index contributed by atoms with van der Waals surface area (Å²) in [5, 5.41) is 14.1. The van der Waals surface area contributed by atoms with Crippen molar-refractivity contribution in [2.24, 2.45) is 0 Å². The quantitative estimate of drug-likeness (QED) is 0.809. The van der Waals surface area contributed by atoms with E-state index >= 15 is 0 Å². The Balaban J connectivity index is 1.93. The molecule has 0 aliphatic carbocycles. The number of nitrogens with one attached hydrogen (secondary N) is 1. The SMILES string of the molecule is N#Cc1cc(NCCc2cscn2)ccc1N. The molecule has 0 radical (unpaired) electrons. The van der Waals surface area contributed by atoms with Crippen molar-refractivity contribution in [3.8, 4) is 6.07 Å². The molecule has 1 aromatic heterocycles. The predicted octanol–water partition coefficient (Wildman–Crippen LogP) is 2.25. The zero-order chi connectivity index (χ0) is 12.1. The number of hydrogen-bond acceptors (Lipinski definition) is 5. The minimum Gasteiger partial charge on any atom is -0.398 e. The zero-order valence-corrected chi connectivity index (χ0v) is 10.00. The maximum Gasteiger partial charge on any atom is 0.101 e. The Hall–Kier alpha value is -2.06. The third kappa shape index (κ3) is 2.95. The van der Waals surface area contributed by atoms with Gasteiger partial charge in [-0.25, -0.2) is 4.98 Å². The second-order valence-electron chi connectivity index (χ2n) is 3.57. The number of anilines is 2. The van der Waals surface area contributed by atoms with Gasteiger partial charge in [0.1, 0.15) is 6.07 Å². The predicted molar refractivity (Wildman–Crippen MR) is 69.9 cm³/mol. The Bertz CT molecular complexity index is 528. The van der Waals surface area contributed by atoms with E-state index in [0.717, 1.165) is 24.3 Å².